The zero-order chi connectivity index (χ0) is 19.9. The second-order valence-electron chi connectivity index (χ2n) is 6.78. The van der Waals surface area contributed by atoms with Crippen LogP contribution < -0.4 is 15.1 Å². The molecule has 0 spiro atoms. The zero-order valence-corrected chi connectivity index (χ0v) is 19.2. The quantitative estimate of drug-likeness (QED) is 0.614. The van der Waals surface area contributed by atoms with Crippen molar-refractivity contribution in [3.8, 4) is 0 Å². The Hall–Kier alpha value is -1.62. The number of aromatic nitrogens is 2. The van der Waals surface area contributed by atoms with Crippen molar-refractivity contribution in [2.75, 3.05) is 32.0 Å². The van der Waals surface area contributed by atoms with E-state index in [1.807, 2.05) is 0 Å². The third kappa shape index (κ3) is 5.69. The summed E-state index contributed by atoms with van der Waals surface area (Å²) in [4.78, 5) is 22.8. The molecule has 1 atom stereocenters. The molecule has 8 heteroatoms. The Bertz CT molecular complexity index is 832. The van der Waals surface area contributed by atoms with E-state index in [1.54, 1.807) is 13.2 Å². The Kier molecular flexibility index (Phi) is 7.72. The summed E-state index contributed by atoms with van der Waals surface area (Å²) in [6.45, 7) is 5.55. The summed E-state index contributed by atoms with van der Waals surface area (Å²) in [5.74, 6) is 0.616. The van der Waals surface area contributed by atoms with E-state index in [0.29, 0.717) is 17.4 Å². The Morgan fingerprint density at radius 3 is 2.82 bits per heavy atom. The standard InChI is InChI=1S/C20H27AsClN5O/c1-3-27-10-7-14-4-5-16(12-15(14)8-11-27)25-20-24-13-17(22)19(26-20)21-9-6-18(28)23-2/h4-5,12-13,21H,3,6-11H2,1-2H3,(H,23,28)(H,24,25,26). The number of rotatable bonds is 7. The maximum absolute atomic E-state index is 11.4. The van der Waals surface area contributed by atoms with Crippen molar-refractivity contribution in [1.29, 1.82) is 0 Å². The van der Waals surface area contributed by atoms with Crippen molar-refractivity contribution < 1.29 is 4.79 Å². The van der Waals surface area contributed by atoms with Gasteiger partial charge in [0.1, 0.15) is 0 Å². The average molecular weight is 464 g/mol. The average Bonchev–Trinajstić information content (AvgIpc) is 2.92. The van der Waals surface area contributed by atoms with Gasteiger partial charge < -0.3 is 0 Å². The van der Waals surface area contributed by atoms with Crippen LogP contribution in [0, 0.1) is 0 Å². The molecule has 0 aliphatic carbocycles. The Morgan fingerprint density at radius 2 is 2.07 bits per heavy atom. The van der Waals surface area contributed by atoms with Crippen LogP contribution in [0.1, 0.15) is 24.5 Å². The second kappa shape index (κ2) is 10.2. The predicted octanol–water partition coefficient (Wildman–Crippen LogP) is 1.91. The number of fused-ring (bicyclic) bond motifs is 1. The fraction of sp³-hybridized carbons (Fsp3) is 0.450. The minimum absolute atomic E-state index is 0.0545. The molecule has 28 heavy (non-hydrogen) atoms. The van der Waals surface area contributed by atoms with Crippen molar-refractivity contribution in [3.05, 3.63) is 40.5 Å². The van der Waals surface area contributed by atoms with E-state index in [2.05, 4.69) is 50.6 Å². The topological polar surface area (TPSA) is 70.2 Å². The summed E-state index contributed by atoms with van der Waals surface area (Å²) in [6, 6.07) is 6.53. The number of nitrogens with one attached hydrogen (secondary N) is 2. The van der Waals surface area contributed by atoms with Crippen molar-refractivity contribution in [2.24, 2.45) is 0 Å². The number of hydrogen-bond acceptors (Lipinski definition) is 5. The molecule has 0 saturated carbocycles. The van der Waals surface area contributed by atoms with Gasteiger partial charge in [-0.1, -0.05) is 0 Å². The van der Waals surface area contributed by atoms with Gasteiger partial charge in [0, 0.05) is 0 Å². The van der Waals surface area contributed by atoms with Gasteiger partial charge in [-0.2, -0.15) is 0 Å². The molecular formula is C20H27AsClN5O. The monoisotopic (exact) mass is 463 g/mol. The molecule has 3 rings (SSSR count). The summed E-state index contributed by atoms with van der Waals surface area (Å²) in [5.41, 5.74) is 3.83. The van der Waals surface area contributed by atoms with Crippen LogP contribution in [-0.2, 0) is 17.6 Å². The maximum atomic E-state index is 11.4. The molecule has 1 aliphatic heterocycles. The SMILES string of the molecule is CCN1CCc2ccc(Nc3ncc(Cl)c([AsH]CCC(=O)NC)n3)cc2CC1. The first-order valence-electron chi connectivity index (χ1n) is 9.67. The van der Waals surface area contributed by atoms with Gasteiger partial charge in [0.25, 0.3) is 0 Å². The van der Waals surface area contributed by atoms with E-state index in [9.17, 15) is 4.79 Å². The molecule has 2 heterocycles. The summed E-state index contributed by atoms with van der Waals surface area (Å²) in [6.07, 6.45) is 4.33. The normalized spacial score (nSPS) is 14.7. The van der Waals surface area contributed by atoms with Gasteiger partial charge in [-0.05, 0) is 0 Å². The third-order valence-corrected chi connectivity index (χ3v) is 8.13. The van der Waals surface area contributed by atoms with Crippen LogP contribution in [0.15, 0.2) is 24.4 Å². The Morgan fingerprint density at radius 1 is 1.29 bits per heavy atom. The van der Waals surface area contributed by atoms with Gasteiger partial charge in [0.2, 0.25) is 0 Å². The first kappa shape index (κ1) is 21.1. The van der Waals surface area contributed by atoms with E-state index in [0.717, 1.165) is 47.9 Å². The first-order chi connectivity index (χ1) is 13.6. The second-order valence-corrected chi connectivity index (χ2v) is 9.97. The summed E-state index contributed by atoms with van der Waals surface area (Å²) in [7, 11) is 1.66. The molecule has 150 valence electrons. The van der Waals surface area contributed by atoms with Crippen molar-refractivity contribution in [3.63, 3.8) is 0 Å². The van der Waals surface area contributed by atoms with Crippen LogP contribution in [0.4, 0.5) is 11.6 Å². The van der Waals surface area contributed by atoms with Crippen LogP contribution in [0.2, 0.25) is 10.2 Å². The molecule has 2 N–H and O–H groups in total. The Balaban J connectivity index is 1.68. The van der Waals surface area contributed by atoms with Gasteiger partial charge in [-0.25, -0.2) is 0 Å². The molecule has 0 fully saturated rings. The minimum atomic E-state index is -0.583. The summed E-state index contributed by atoms with van der Waals surface area (Å²) in [5, 5.41) is 7.38. The molecule has 0 radical (unpaired) electrons. The van der Waals surface area contributed by atoms with Crippen LogP contribution in [0.25, 0.3) is 0 Å². The summed E-state index contributed by atoms with van der Waals surface area (Å²) < 4.78 is 0.886. The van der Waals surface area contributed by atoms with E-state index < -0.39 is 15.8 Å². The van der Waals surface area contributed by atoms with Gasteiger partial charge in [-0.3, -0.25) is 0 Å². The van der Waals surface area contributed by atoms with Gasteiger partial charge in [0.05, 0.1) is 0 Å². The molecule has 0 bridgehead atoms. The number of amides is 1. The van der Waals surface area contributed by atoms with E-state index in [1.165, 1.54) is 11.1 Å². The molecule has 2 aromatic rings. The van der Waals surface area contributed by atoms with Crippen LogP contribution >= 0.6 is 11.6 Å². The number of carbonyl (C=O) groups excluding carboxylic acids is 1. The fourth-order valence-corrected chi connectivity index (χ4v) is 5.82. The number of halogens is 1. The third-order valence-electron chi connectivity index (χ3n) is 4.97. The van der Waals surface area contributed by atoms with Gasteiger partial charge >= 0.3 is 178 Å². The van der Waals surface area contributed by atoms with Gasteiger partial charge in [-0.15, -0.1) is 0 Å². The van der Waals surface area contributed by atoms with Crippen molar-refractivity contribution in [1.82, 2.24) is 20.2 Å². The Labute approximate surface area is 178 Å². The fourth-order valence-electron chi connectivity index (χ4n) is 3.27. The molecule has 1 unspecified atom stereocenters. The number of carbonyl (C=O) groups is 1. The molecule has 1 aliphatic rings. The molecule has 6 nitrogen and oxygen atoms in total. The zero-order valence-electron chi connectivity index (χ0n) is 16.4. The van der Waals surface area contributed by atoms with E-state index in [4.69, 9.17) is 11.6 Å². The van der Waals surface area contributed by atoms with Gasteiger partial charge in [0.15, 0.2) is 0 Å². The van der Waals surface area contributed by atoms with Crippen LogP contribution in [0.3, 0.4) is 0 Å². The van der Waals surface area contributed by atoms with E-state index in [-0.39, 0.29) is 5.91 Å². The number of anilines is 2. The molecule has 0 saturated heterocycles. The van der Waals surface area contributed by atoms with Crippen molar-refractivity contribution in [2.45, 2.75) is 31.4 Å². The van der Waals surface area contributed by atoms with E-state index >= 15 is 0 Å². The first-order valence-corrected chi connectivity index (χ1v) is 12.6. The molecule has 1 aromatic carbocycles. The number of nitrogens with zero attached hydrogens (tertiary/aromatic N) is 3. The number of hydrogen-bond donors (Lipinski definition) is 2. The van der Waals surface area contributed by atoms with Crippen LogP contribution in [0.5, 0.6) is 0 Å². The van der Waals surface area contributed by atoms with Crippen LogP contribution in [-0.4, -0.2) is 63.2 Å². The van der Waals surface area contributed by atoms with Crippen molar-refractivity contribution >= 4 is 49.4 Å². The predicted molar refractivity (Wildman–Crippen MR) is 117 cm³/mol. The summed E-state index contributed by atoms with van der Waals surface area (Å²) >= 11 is 5.68. The molecular weight excluding hydrogens is 437 g/mol. The molecule has 1 amide bonds. The number of likely N-dealkylation sites (N-methyl/N-ethyl adjacent to an activating group) is 1. The number of benzene rings is 1. The molecule has 1 aromatic heterocycles.